The molecule has 1 aromatic carbocycles. The number of amides is 1. The Balaban J connectivity index is 2.26. The van der Waals surface area contributed by atoms with Gasteiger partial charge in [-0.2, -0.15) is 0 Å². The van der Waals surface area contributed by atoms with Gasteiger partial charge in [-0.05, 0) is 24.3 Å². The molecule has 0 atom stereocenters. The fourth-order valence-electron chi connectivity index (χ4n) is 1.53. The maximum atomic E-state index is 11.9. The van der Waals surface area contributed by atoms with Gasteiger partial charge in [0.2, 0.25) is 0 Å². The molecule has 4 N–H and O–H groups in total. The number of nitrogens with one attached hydrogen (secondary N) is 1. The number of hydrogen-bond acceptors (Lipinski definition) is 5. The lowest BCUT2D eigenvalue weighted by molar-refractivity contribution is 0.0696. The van der Waals surface area contributed by atoms with Crippen LogP contribution < -0.4 is 5.32 Å². The molecule has 7 nitrogen and oxygen atoms in total. The Kier molecular flexibility index (Phi) is 3.52. The first kappa shape index (κ1) is 13.3. The number of carbonyl (C=O) groups is 2. The van der Waals surface area contributed by atoms with Crippen LogP contribution in [-0.4, -0.2) is 32.2 Å². The summed E-state index contributed by atoms with van der Waals surface area (Å²) in [5.41, 5.74) is -0.178. The normalized spacial score (nSPS) is 10.0. The van der Waals surface area contributed by atoms with Crippen molar-refractivity contribution in [3.8, 4) is 11.5 Å². The molecule has 0 spiro atoms. The highest BCUT2D eigenvalue weighted by atomic mass is 16.4. The van der Waals surface area contributed by atoms with Crippen LogP contribution >= 0.6 is 0 Å². The summed E-state index contributed by atoms with van der Waals surface area (Å²) in [6.07, 6.45) is 1.24. The van der Waals surface area contributed by atoms with Crippen LogP contribution in [-0.2, 0) is 0 Å². The van der Waals surface area contributed by atoms with Crippen LogP contribution in [0.2, 0.25) is 0 Å². The van der Waals surface area contributed by atoms with E-state index >= 15 is 0 Å². The first-order valence-corrected chi connectivity index (χ1v) is 5.50. The van der Waals surface area contributed by atoms with E-state index in [9.17, 15) is 19.8 Å². The Bertz CT molecular complexity index is 684. The molecule has 102 valence electrons. The number of carboxylic acid groups (broad SMARTS) is 1. The summed E-state index contributed by atoms with van der Waals surface area (Å²) in [7, 11) is 0. The number of aromatic carboxylic acids is 1. The van der Waals surface area contributed by atoms with E-state index in [1.165, 1.54) is 36.5 Å². The Hall–Kier alpha value is -3.09. The molecule has 0 saturated heterocycles. The second-order valence-corrected chi connectivity index (χ2v) is 3.86. The molecule has 0 fully saturated rings. The lowest BCUT2D eigenvalue weighted by Gasteiger charge is -2.07. The zero-order valence-electron chi connectivity index (χ0n) is 10.1. The number of phenolic OH excluding ortho intramolecular Hbond substituents is 2. The van der Waals surface area contributed by atoms with Crippen LogP contribution in [0.4, 0.5) is 5.82 Å². The zero-order valence-corrected chi connectivity index (χ0v) is 10.1. The molecule has 0 aliphatic carbocycles. The van der Waals surface area contributed by atoms with Gasteiger partial charge in [-0.3, -0.25) is 4.79 Å². The molecule has 2 rings (SSSR count). The van der Waals surface area contributed by atoms with Gasteiger partial charge in [0.15, 0.2) is 11.5 Å². The smallest absolute Gasteiger partial charge is 0.335 e. The predicted molar refractivity (Wildman–Crippen MR) is 68.9 cm³/mol. The number of nitrogens with zero attached hydrogens (tertiary/aromatic N) is 1. The Morgan fingerprint density at radius 3 is 2.60 bits per heavy atom. The average molecular weight is 274 g/mol. The third kappa shape index (κ3) is 2.66. The van der Waals surface area contributed by atoms with Gasteiger partial charge in [0, 0.05) is 6.20 Å². The van der Waals surface area contributed by atoms with Crippen molar-refractivity contribution in [2.75, 3.05) is 5.32 Å². The number of pyridine rings is 1. The third-order valence-corrected chi connectivity index (χ3v) is 2.51. The molecule has 0 saturated carbocycles. The quantitative estimate of drug-likeness (QED) is 0.629. The molecule has 1 aromatic heterocycles. The SMILES string of the molecule is O=C(O)c1ccnc(NC(=O)c2cccc(O)c2O)c1. The number of phenols is 2. The molecule has 0 aliphatic rings. The number of carboxylic acids is 1. The predicted octanol–water partition coefficient (Wildman–Crippen LogP) is 1.44. The molecule has 7 heteroatoms. The first-order chi connectivity index (χ1) is 9.49. The van der Waals surface area contributed by atoms with Gasteiger partial charge in [0.05, 0.1) is 11.1 Å². The van der Waals surface area contributed by atoms with E-state index in [0.717, 1.165) is 0 Å². The van der Waals surface area contributed by atoms with E-state index < -0.39 is 23.4 Å². The van der Waals surface area contributed by atoms with Crippen LogP contribution in [0, 0.1) is 0 Å². The van der Waals surface area contributed by atoms with Crippen molar-refractivity contribution in [3.63, 3.8) is 0 Å². The minimum atomic E-state index is -1.15. The van der Waals surface area contributed by atoms with Crippen molar-refractivity contribution in [2.24, 2.45) is 0 Å². The second kappa shape index (κ2) is 5.27. The molecular formula is C13H10N2O5. The summed E-state index contributed by atoms with van der Waals surface area (Å²) < 4.78 is 0. The second-order valence-electron chi connectivity index (χ2n) is 3.86. The van der Waals surface area contributed by atoms with Gasteiger partial charge >= 0.3 is 5.97 Å². The molecule has 2 aromatic rings. The molecular weight excluding hydrogens is 264 g/mol. The number of para-hydroxylation sites is 1. The number of rotatable bonds is 3. The van der Waals surface area contributed by atoms with Crippen LogP contribution in [0.1, 0.15) is 20.7 Å². The molecule has 0 radical (unpaired) electrons. The fraction of sp³-hybridized carbons (Fsp3) is 0. The maximum absolute atomic E-state index is 11.9. The van der Waals surface area contributed by atoms with E-state index in [1.807, 2.05) is 0 Å². The summed E-state index contributed by atoms with van der Waals surface area (Å²) >= 11 is 0. The van der Waals surface area contributed by atoms with E-state index in [1.54, 1.807) is 0 Å². The van der Waals surface area contributed by atoms with Gasteiger partial charge in [0.25, 0.3) is 5.91 Å². The van der Waals surface area contributed by atoms with Crippen molar-refractivity contribution >= 4 is 17.7 Å². The minimum Gasteiger partial charge on any atom is -0.504 e. The largest absolute Gasteiger partial charge is 0.504 e. The molecule has 1 heterocycles. The Labute approximate surface area is 113 Å². The van der Waals surface area contributed by atoms with Crippen LogP contribution in [0.25, 0.3) is 0 Å². The van der Waals surface area contributed by atoms with Gasteiger partial charge in [-0.1, -0.05) is 6.07 Å². The van der Waals surface area contributed by atoms with Crippen molar-refractivity contribution in [2.45, 2.75) is 0 Å². The van der Waals surface area contributed by atoms with Crippen LogP contribution in [0.3, 0.4) is 0 Å². The highest BCUT2D eigenvalue weighted by Crippen LogP contribution is 2.28. The summed E-state index contributed by atoms with van der Waals surface area (Å²) in [5, 5.41) is 30.0. The van der Waals surface area contributed by atoms with Gasteiger partial charge in [0.1, 0.15) is 5.82 Å². The van der Waals surface area contributed by atoms with Gasteiger partial charge < -0.3 is 20.6 Å². The zero-order chi connectivity index (χ0) is 14.7. The lowest BCUT2D eigenvalue weighted by atomic mass is 10.1. The number of carbonyl (C=O) groups excluding carboxylic acids is 1. The molecule has 0 aliphatic heterocycles. The summed E-state index contributed by atoms with van der Waals surface area (Å²) in [5.74, 6) is -2.82. The number of aromatic hydroxyl groups is 2. The maximum Gasteiger partial charge on any atom is 0.335 e. The van der Waals surface area contributed by atoms with Crippen molar-refractivity contribution in [1.29, 1.82) is 0 Å². The minimum absolute atomic E-state index is 0.0256. The topological polar surface area (TPSA) is 120 Å². The molecule has 20 heavy (non-hydrogen) atoms. The van der Waals surface area contributed by atoms with Crippen molar-refractivity contribution in [3.05, 3.63) is 47.7 Å². The summed E-state index contributed by atoms with van der Waals surface area (Å²) in [6, 6.07) is 6.40. The van der Waals surface area contributed by atoms with E-state index in [0.29, 0.717) is 0 Å². The van der Waals surface area contributed by atoms with Gasteiger partial charge in [-0.15, -0.1) is 0 Å². The lowest BCUT2D eigenvalue weighted by Crippen LogP contribution is -2.13. The number of hydrogen-bond donors (Lipinski definition) is 4. The molecule has 0 unspecified atom stereocenters. The number of aromatic nitrogens is 1. The van der Waals surface area contributed by atoms with Crippen molar-refractivity contribution in [1.82, 2.24) is 4.98 Å². The van der Waals surface area contributed by atoms with Crippen LogP contribution in [0.15, 0.2) is 36.5 Å². The third-order valence-electron chi connectivity index (χ3n) is 2.51. The standard InChI is InChI=1S/C13H10N2O5/c16-9-3-1-2-8(11(9)17)12(18)15-10-6-7(13(19)20)4-5-14-10/h1-6,16-17H,(H,19,20)(H,14,15,18). The summed E-state index contributed by atoms with van der Waals surface area (Å²) in [4.78, 5) is 26.5. The monoisotopic (exact) mass is 274 g/mol. The molecule has 0 bridgehead atoms. The average Bonchev–Trinajstić information content (AvgIpc) is 2.42. The number of benzene rings is 1. The van der Waals surface area contributed by atoms with Crippen molar-refractivity contribution < 1.29 is 24.9 Å². The first-order valence-electron chi connectivity index (χ1n) is 5.50. The van der Waals surface area contributed by atoms with E-state index in [2.05, 4.69) is 10.3 Å². The van der Waals surface area contributed by atoms with E-state index in [-0.39, 0.29) is 16.9 Å². The van der Waals surface area contributed by atoms with Crippen LogP contribution in [0.5, 0.6) is 11.5 Å². The highest BCUT2D eigenvalue weighted by Gasteiger charge is 2.15. The number of anilines is 1. The van der Waals surface area contributed by atoms with E-state index in [4.69, 9.17) is 5.11 Å². The summed E-state index contributed by atoms with van der Waals surface area (Å²) in [6.45, 7) is 0. The molecule has 1 amide bonds. The Morgan fingerprint density at radius 2 is 1.90 bits per heavy atom. The van der Waals surface area contributed by atoms with Gasteiger partial charge in [-0.25, -0.2) is 9.78 Å². The fourth-order valence-corrected chi connectivity index (χ4v) is 1.53. The Morgan fingerprint density at radius 1 is 1.15 bits per heavy atom. The highest BCUT2D eigenvalue weighted by molar-refractivity contribution is 6.06.